The first-order chi connectivity index (χ1) is 17.9. The second-order valence-electron chi connectivity index (χ2n) is 8.40. The van der Waals surface area contributed by atoms with E-state index in [1.807, 2.05) is 35.0 Å². The number of fused-ring (bicyclic) bond motifs is 1. The second-order valence-corrected chi connectivity index (χ2v) is 9.39. The van der Waals surface area contributed by atoms with E-state index in [4.69, 9.17) is 4.74 Å². The van der Waals surface area contributed by atoms with Gasteiger partial charge in [-0.3, -0.25) is 19.3 Å². The molecule has 9 heteroatoms. The summed E-state index contributed by atoms with van der Waals surface area (Å²) in [4.78, 5) is 39.3. The van der Waals surface area contributed by atoms with E-state index in [1.165, 1.54) is 12.1 Å². The van der Waals surface area contributed by atoms with Crippen LogP contribution in [0.1, 0.15) is 11.1 Å². The largest absolute Gasteiger partial charge is 0.497 e. The molecule has 0 atom stereocenters. The first kappa shape index (κ1) is 24.3. The summed E-state index contributed by atoms with van der Waals surface area (Å²) in [5.74, 6) is -0.650. The average Bonchev–Trinajstić information content (AvgIpc) is 3.37. The highest BCUT2D eigenvalue weighted by Gasteiger charge is 2.36. The van der Waals surface area contributed by atoms with Crippen LogP contribution in [0.5, 0.6) is 5.75 Å². The SMILES string of the molecule is COc1ccc(NC(=O)CN2C(=O)S/C(=C\c3cn(Cc4ccc(F)cc4)c4ccccc34)C2=O)cc1. The fourth-order valence-corrected chi connectivity index (χ4v) is 4.93. The van der Waals surface area contributed by atoms with E-state index in [1.54, 1.807) is 49.6 Å². The number of aromatic nitrogens is 1. The highest BCUT2D eigenvalue weighted by Crippen LogP contribution is 2.34. The highest BCUT2D eigenvalue weighted by atomic mass is 32.2. The van der Waals surface area contributed by atoms with Gasteiger partial charge in [-0.05, 0) is 65.9 Å². The summed E-state index contributed by atoms with van der Waals surface area (Å²) in [6.07, 6.45) is 3.58. The summed E-state index contributed by atoms with van der Waals surface area (Å²) in [7, 11) is 1.55. The Kier molecular flexibility index (Phi) is 6.78. The van der Waals surface area contributed by atoms with Crippen molar-refractivity contribution in [2.45, 2.75) is 6.54 Å². The zero-order valence-electron chi connectivity index (χ0n) is 19.8. The molecule has 1 saturated heterocycles. The Labute approximate surface area is 216 Å². The molecule has 1 N–H and O–H groups in total. The van der Waals surface area contributed by atoms with Gasteiger partial charge in [0.15, 0.2) is 0 Å². The summed E-state index contributed by atoms with van der Waals surface area (Å²) in [6, 6.07) is 20.8. The Morgan fingerprint density at radius 2 is 1.76 bits per heavy atom. The van der Waals surface area contributed by atoms with Crippen molar-refractivity contribution < 1.29 is 23.5 Å². The second kappa shape index (κ2) is 10.3. The summed E-state index contributed by atoms with van der Waals surface area (Å²) < 4.78 is 20.4. The molecule has 37 heavy (non-hydrogen) atoms. The summed E-state index contributed by atoms with van der Waals surface area (Å²) in [6.45, 7) is 0.127. The molecule has 4 aromatic rings. The van der Waals surface area contributed by atoms with Gasteiger partial charge in [-0.2, -0.15) is 0 Å². The molecule has 0 radical (unpaired) electrons. The Bertz CT molecular complexity index is 1530. The number of amides is 3. The number of hydrogen-bond acceptors (Lipinski definition) is 5. The van der Waals surface area contributed by atoms with Crippen LogP contribution in [-0.4, -0.2) is 40.2 Å². The minimum atomic E-state index is -0.518. The number of anilines is 1. The molecule has 1 aliphatic rings. The maximum absolute atomic E-state index is 13.3. The summed E-state index contributed by atoms with van der Waals surface area (Å²) in [5, 5.41) is 3.09. The lowest BCUT2D eigenvalue weighted by molar-refractivity contribution is -0.127. The van der Waals surface area contributed by atoms with Crippen molar-refractivity contribution in [3.05, 3.63) is 101 Å². The van der Waals surface area contributed by atoms with Crippen molar-refractivity contribution in [3.63, 3.8) is 0 Å². The standard InChI is InChI=1S/C28H22FN3O4S/c1-36-22-12-10-21(11-13-22)30-26(33)17-32-27(34)25(37-28(32)35)14-19-16-31(24-5-3-2-4-23(19)24)15-18-6-8-20(29)9-7-18/h2-14,16H,15,17H2,1H3,(H,30,33)/b25-14-. The number of benzene rings is 3. The number of carbonyl (C=O) groups excluding carboxylic acids is 3. The van der Waals surface area contributed by atoms with E-state index in [0.717, 1.165) is 38.7 Å². The zero-order chi connectivity index (χ0) is 25.9. The topological polar surface area (TPSA) is 80.6 Å². The number of hydrogen-bond donors (Lipinski definition) is 1. The van der Waals surface area contributed by atoms with Crippen molar-refractivity contribution >= 4 is 51.5 Å². The molecule has 5 rings (SSSR count). The molecule has 1 fully saturated rings. The van der Waals surface area contributed by atoms with Crippen LogP contribution in [-0.2, 0) is 16.1 Å². The van der Waals surface area contributed by atoms with Crippen LogP contribution in [0.15, 0.2) is 83.9 Å². The number of ether oxygens (including phenoxy) is 1. The monoisotopic (exact) mass is 515 g/mol. The third-order valence-electron chi connectivity index (χ3n) is 5.92. The third-order valence-corrected chi connectivity index (χ3v) is 6.83. The lowest BCUT2D eigenvalue weighted by Crippen LogP contribution is -2.36. The Hall–Kier alpha value is -4.37. The smallest absolute Gasteiger partial charge is 0.294 e. The number of nitrogens with one attached hydrogen (secondary N) is 1. The minimum absolute atomic E-state index is 0.243. The molecule has 1 aliphatic heterocycles. The van der Waals surface area contributed by atoms with Crippen molar-refractivity contribution in [1.29, 1.82) is 0 Å². The molecule has 186 valence electrons. The maximum atomic E-state index is 13.3. The first-order valence-electron chi connectivity index (χ1n) is 11.4. The molecule has 3 amide bonds. The normalized spacial score (nSPS) is 14.5. The van der Waals surface area contributed by atoms with E-state index in [9.17, 15) is 18.8 Å². The molecule has 0 spiro atoms. The fraction of sp³-hybridized carbons (Fsp3) is 0.107. The summed E-state index contributed by atoms with van der Waals surface area (Å²) in [5.41, 5.74) is 3.17. The molecular weight excluding hydrogens is 493 g/mol. The number of thioether (sulfide) groups is 1. The van der Waals surface area contributed by atoms with Gasteiger partial charge >= 0.3 is 0 Å². The molecule has 0 saturated carbocycles. The van der Waals surface area contributed by atoms with Crippen molar-refractivity contribution in [3.8, 4) is 5.75 Å². The number of para-hydroxylation sites is 1. The number of halogens is 1. The number of rotatable bonds is 7. The molecule has 0 unspecified atom stereocenters. The van der Waals surface area contributed by atoms with Gasteiger partial charge in [-0.25, -0.2) is 4.39 Å². The minimum Gasteiger partial charge on any atom is -0.497 e. The molecule has 0 aliphatic carbocycles. The lowest BCUT2D eigenvalue weighted by atomic mass is 10.1. The molecule has 1 aromatic heterocycles. The van der Waals surface area contributed by atoms with Crippen LogP contribution in [0.3, 0.4) is 0 Å². The van der Waals surface area contributed by atoms with Crippen LogP contribution in [0.4, 0.5) is 14.9 Å². The molecule has 2 heterocycles. The van der Waals surface area contributed by atoms with Gasteiger partial charge < -0.3 is 14.6 Å². The highest BCUT2D eigenvalue weighted by molar-refractivity contribution is 8.18. The van der Waals surface area contributed by atoms with Crippen LogP contribution >= 0.6 is 11.8 Å². The average molecular weight is 516 g/mol. The molecule has 7 nitrogen and oxygen atoms in total. The van der Waals surface area contributed by atoms with Gasteiger partial charge in [0, 0.05) is 34.9 Å². The van der Waals surface area contributed by atoms with Gasteiger partial charge in [0.05, 0.1) is 12.0 Å². The Morgan fingerprint density at radius 3 is 2.49 bits per heavy atom. The number of methoxy groups -OCH3 is 1. The predicted molar refractivity (Wildman–Crippen MR) is 142 cm³/mol. The molecule has 3 aromatic carbocycles. The van der Waals surface area contributed by atoms with Crippen molar-refractivity contribution in [2.75, 3.05) is 19.0 Å². The lowest BCUT2D eigenvalue weighted by Gasteiger charge is -2.12. The van der Waals surface area contributed by atoms with E-state index >= 15 is 0 Å². The third kappa shape index (κ3) is 5.26. The maximum Gasteiger partial charge on any atom is 0.294 e. The molecular formula is C28H22FN3O4S. The van der Waals surface area contributed by atoms with E-state index in [-0.39, 0.29) is 17.3 Å². The summed E-state index contributed by atoms with van der Waals surface area (Å²) >= 11 is 0.804. The van der Waals surface area contributed by atoms with Crippen LogP contribution in [0.25, 0.3) is 17.0 Å². The van der Waals surface area contributed by atoms with Gasteiger partial charge in [0.1, 0.15) is 18.1 Å². The van der Waals surface area contributed by atoms with E-state index in [2.05, 4.69) is 5.32 Å². The van der Waals surface area contributed by atoms with Gasteiger partial charge in [0.25, 0.3) is 11.1 Å². The van der Waals surface area contributed by atoms with E-state index in [0.29, 0.717) is 18.0 Å². The van der Waals surface area contributed by atoms with Gasteiger partial charge in [-0.15, -0.1) is 0 Å². The predicted octanol–water partition coefficient (Wildman–Crippen LogP) is 5.51. The van der Waals surface area contributed by atoms with Crippen LogP contribution < -0.4 is 10.1 Å². The zero-order valence-corrected chi connectivity index (χ0v) is 20.6. The van der Waals surface area contributed by atoms with Crippen molar-refractivity contribution in [2.24, 2.45) is 0 Å². The first-order valence-corrected chi connectivity index (χ1v) is 12.2. The Morgan fingerprint density at radius 1 is 1.03 bits per heavy atom. The van der Waals surface area contributed by atoms with Crippen LogP contribution in [0, 0.1) is 5.82 Å². The number of carbonyl (C=O) groups is 3. The number of nitrogens with zero attached hydrogens (tertiary/aromatic N) is 2. The molecule has 0 bridgehead atoms. The Balaban J connectivity index is 1.34. The quantitative estimate of drug-likeness (QED) is 0.328. The fourth-order valence-electron chi connectivity index (χ4n) is 4.10. The van der Waals surface area contributed by atoms with E-state index < -0.39 is 17.1 Å². The van der Waals surface area contributed by atoms with Crippen molar-refractivity contribution in [1.82, 2.24) is 9.47 Å². The van der Waals surface area contributed by atoms with Gasteiger partial charge in [0.2, 0.25) is 5.91 Å². The van der Waals surface area contributed by atoms with Crippen LogP contribution in [0.2, 0.25) is 0 Å². The van der Waals surface area contributed by atoms with Gasteiger partial charge in [-0.1, -0.05) is 30.3 Å². The number of imide groups is 1.